The normalized spacial score (nSPS) is 11.4. The van der Waals surface area contributed by atoms with Crippen LogP contribution in [-0.2, 0) is 10.0 Å². The lowest BCUT2D eigenvalue weighted by atomic mass is 10.3. The van der Waals surface area contributed by atoms with Gasteiger partial charge in [0.1, 0.15) is 10.0 Å². The molecule has 1 aromatic heterocycles. The summed E-state index contributed by atoms with van der Waals surface area (Å²) in [6, 6.07) is 3.61. The highest BCUT2D eigenvalue weighted by Crippen LogP contribution is 2.35. The van der Waals surface area contributed by atoms with E-state index in [4.69, 9.17) is 28.9 Å². The molecule has 1 aromatic carbocycles. The van der Waals surface area contributed by atoms with Crippen molar-refractivity contribution >= 4 is 60.5 Å². The number of hydrogen-bond donors (Lipinski definition) is 2. The number of sulfonamides is 1. The van der Waals surface area contributed by atoms with Crippen LogP contribution in [0.15, 0.2) is 33.8 Å². The summed E-state index contributed by atoms with van der Waals surface area (Å²) in [5, 5.41) is 0.0612. The first-order valence-corrected chi connectivity index (χ1v) is 8.33. The lowest BCUT2D eigenvalue weighted by Crippen LogP contribution is -2.16. The van der Waals surface area contributed by atoms with Crippen molar-refractivity contribution in [1.29, 1.82) is 0 Å². The average molecular weight is 415 g/mol. The minimum absolute atomic E-state index is 0.0259. The zero-order valence-electron chi connectivity index (χ0n) is 10.1. The largest absolute Gasteiger partial charge is 0.395 e. The molecule has 21 heavy (non-hydrogen) atoms. The Morgan fingerprint density at radius 3 is 2.62 bits per heavy atom. The lowest BCUT2D eigenvalue weighted by Gasteiger charge is -2.12. The van der Waals surface area contributed by atoms with E-state index < -0.39 is 26.4 Å². The molecular weight excluding hydrogens is 408 g/mol. The topological polar surface area (TPSA) is 85.1 Å². The molecule has 112 valence electrons. The molecule has 1 heterocycles. The smallest absolute Gasteiger partial charge is 0.264 e. The summed E-state index contributed by atoms with van der Waals surface area (Å²) in [6.07, 6.45) is 1.31. The Bertz CT molecular complexity index is 817. The molecule has 0 aliphatic rings. The van der Waals surface area contributed by atoms with E-state index in [2.05, 4.69) is 25.6 Å². The fourth-order valence-electron chi connectivity index (χ4n) is 1.47. The molecule has 0 unspecified atom stereocenters. The van der Waals surface area contributed by atoms with Gasteiger partial charge in [-0.1, -0.05) is 23.2 Å². The van der Waals surface area contributed by atoms with Crippen molar-refractivity contribution < 1.29 is 12.8 Å². The van der Waals surface area contributed by atoms with E-state index in [1.165, 1.54) is 18.3 Å². The Hall–Kier alpha value is -1.09. The van der Waals surface area contributed by atoms with E-state index in [0.29, 0.717) is 0 Å². The predicted molar refractivity (Wildman–Crippen MR) is 83.6 cm³/mol. The van der Waals surface area contributed by atoms with Crippen LogP contribution < -0.4 is 10.5 Å². The van der Waals surface area contributed by atoms with Crippen LogP contribution in [0.4, 0.5) is 15.8 Å². The van der Waals surface area contributed by atoms with Gasteiger partial charge in [0.25, 0.3) is 10.0 Å². The van der Waals surface area contributed by atoms with Gasteiger partial charge >= 0.3 is 0 Å². The van der Waals surface area contributed by atoms with Crippen molar-refractivity contribution in [2.75, 3.05) is 10.5 Å². The van der Waals surface area contributed by atoms with Crippen LogP contribution in [0.3, 0.4) is 0 Å². The van der Waals surface area contributed by atoms with Crippen molar-refractivity contribution in [3.05, 3.63) is 44.9 Å². The predicted octanol–water partition coefficient (Wildman–Crippen LogP) is 3.67. The van der Waals surface area contributed by atoms with Crippen LogP contribution >= 0.6 is 39.1 Å². The summed E-state index contributed by atoms with van der Waals surface area (Å²) < 4.78 is 40.7. The van der Waals surface area contributed by atoms with Gasteiger partial charge in [-0.2, -0.15) is 0 Å². The molecule has 0 saturated carbocycles. The summed E-state index contributed by atoms with van der Waals surface area (Å²) >= 11 is 14.4. The maximum atomic E-state index is 14.0. The van der Waals surface area contributed by atoms with E-state index in [9.17, 15) is 12.8 Å². The first-order chi connectivity index (χ1) is 9.72. The first kappa shape index (κ1) is 16.3. The van der Waals surface area contributed by atoms with Gasteiger partial charge in [-0.3, -0.25) is 4.72 Å². The van der Waals surface area contributed by atoms with Gasteiger partial charge in [-0.05, 0) is 34.1 Å². The van der Waals surface area contributed by atoms with Gasteiger partial charge in [0.05, 0.1) is 20.9 Å². The summed E-state index contributed by atoms with van der Waals surface area (Å²) in [7, 11) is -4.22. The van der Waals surface area contributed by atoms with Gasteiger partial charge in [-0.15, -0.1) is 0 Å². The van der Waals surface area contributed by atoms with Gasteiger partial charge in [0, 0.05) is 6.20 Å². The van der Waals surface area contributed by atoms with Crippen molar-refractivity contribution in [3.8, 4) is 0 Å². The third kappa shape index (κ3) is 3.39. The number of anilines is 2. The second-order valence-corrected chi connectivity index (χ2v) is 7.11. The molecule has 0 aliphatic heterocycles. The van der Waals surface area contributed by atoms with Crippen LogP contribution in [-0.4, -0.2) is 13.4 Å². The van der Waals surface area contributed by atoms with Crippen molar-refractivity contribution in [2.45, 2.75) is 4.90 Å². The molecule has 0 fully saturated rings. The van der Waals surface area contributed by atoms with Crippen molar-refractivity contribution in [1.82, 2.24) is 4.98 Å². The third-order valence-electron chi connectivity index (χ3n) is 2.43. The highest BCUT2D eigenvalue weighted by Gasteiger charge is 2.24. The first-order valence-electron chi connectivity index (χ1n) is 5.29. The van der Waals surface area contributed by atoms with Gasteiger partial charge in [-0.25, -0.2) is 17.8 Å². The number of nitrogens with zero attached hydrogens (tertiary/aromatic N) is 1. The van der Waals surface area contributed by atoms with Crippen LogP contribution in [0.5, 0.6) is 0 Å². The number of nitrogens with two attached hydrogens (primary N) is 1. The summed E-state index contributed by atoms with van der Waals surface area (Å²) in [6.45, 7) is 0. The van der Waals surface area contributed by atoms with Crippen LogP contribution in [0.2, 0.25) is 10.2 Å². The molecule has 0 bridgehead atoms. The number of rotatable bonds is 3. The Morgan fingerprint density at radius 1 is 1.33 bits per heavy atom. The number of pyridine rings is 1. The fourth-order valence-corrected chi connectivity index (χ4v) is 3.38. The van der Waals surface area contributed by atoms with Crippen molar-refractivity contribution in [3.63, 3.8) is 0 Å². The summed E-state index contributed by atoms with van der Waals surface area (Å²) in [4.78, 5) is 3.04. The quantitative estimate of drug-likeness (QED) is 0.455. The van der Waals surface area contributed by atoms with Crippen LogP contribution in [0.1, 0.15) is 0 Å². The zero-order chi connectivity index (χ0) is 15.8. The molecule has 0 radical (unpaired) electrons. The minimum atomic E-state index is -4.22. The van der Waals surface area contributed by atoms with E-state index in [1.807, 2.05) is 0 Å². The Labute approximate surface area is 138 Å². The SMILES string of the molecule is Nc1c(F)c(S(=O)(=O)Nc2ccnc(Cl)c2)cc(Cl)c1Br. The standard InChI is InChI=1S/C11H7BrCl2FN3O2S/c12-9-6(13)4-7(10(15)11(9)16)21(19,20)18-5-1-2-17-8(14)3-5/h1-4H,16H2,(H,17,18). The molecule has 0 aliphatic carbocycles. The lowest BCUT2D eigenvalue weighted by molar-refractivity contribution is 0.572. The molecule has 0 saturated heterocycles. The Kier molecular flexibility index (Phi) is 4.62. The number of nitrogens with one attached hydrogen (secondary N) is 1. The molecule has 2 aromatic rings. The maximum absolute atomic E-state index is 14.0. The molecule has 5 nitrogen and oxygen atoms in total. The average Bonchev–Trinajstić information content (AvgIpc) is 2.40. The second kappa shape index (κ2) is 5.96. The number of benzene rings is 1. The van der Waals surface area contributed by atoms with Gasteiger partial charge in [0.2, 0.25) is 0 Å². The van der Waals surface area contributed by atoms with Gasteiger partial charge < -0.3 is 5.73 Å². The zero-order valence-corrected chi connectivity index (χ0v) is 14.0. The monoisotopic (exact) mass is 413 g/mol. The fraction of sp³-hybridized carbons (Fsp3) is 0. The highest BCUT2D eigenvalue weighted by atomic mass is 79.9. The van der Waals surface area contributed by atoms with Crippen molar-refractivity contribution in [2.24, 2.45) is 0 Å². The molecule has 0 spiro atoms. The van der Waals surface area contributed by atoms with E-state index in [1.54, 1.807) is 0 Å². The van der Waals surface area contributed by atoms with E-state index >= 15 is 0 Å². The van der Waals surface area contributed by atoms with Crippen LogP contribution in [0, 0.1) is 5.82 Å². The molecule has 10 heteroatoms. The maximum Gasteiger partial charge on any atom is 0.264 e. The minimum Gasteiger partial charge on any atom is -0.395 e. The molecule has 3 N–H and O–H groups in total. The van der Waals surface area contributed by atoms with Gasteiger partial charge in [0.15, 0.2) is 5.82 Å². The second-order valence-electron chi connectivity index (χ2n) is 3.87. The summed E-state index contributed by atoms with van der Waals surface area (Å²) in [5.41, 5.74) is 5.21. The number of aromatic nitrogens is 1. The van der Waals surface area contributed by atoms with E-state index in [-0.39, 0.29) is 20.3 Å². The molecule has 0 atom stereocenters. The van der Waals surface area contributed by atoms with E-state index in [0.717, 1.165) is 6.07 Å². The molecule has 2 rings (SSSR count). The third-order valence-corrected chi connectivity index (χ3v) is 5.39. The highest BCUT2D eigenvalue weighted by molar-refractivity contribution is 9.10. The Morgan fingerprint density at radius 2 is 2.00 bits per heavy atom. The molecule has 0 amide bonds. The number of nitrogen functional groups attached to an aromatic ring is 1. The number of halogens is 4. The molecular formula is C11H7BrCl2FN3O2S. The Balaban J connectivity index is 2.50. The summed E-state index contributed by atoms with van der Waals surface area (Å²) in [5.74, 6) is -1.10. The number of hydrogen-bond acceptors (Lipinski definition) is 4. The van der Waals surface area contributed by atoms with Crippen LogP contribution in [0.25, 0.3) is 0 Å².